The van der Waals surface area contributed by atoms with Crippen LogP contribution in [-0.2, 0) is 16.7 Å². The van der Waals surface area contributed by atoms with Crippen LogP contribution in [0.3, 0.4) is 0 Å². The number of primary amides is 1. The van der Waals surface area contributed by atoms with Gasteiger partial charge < -0.3 is 20.3 Å². The van der Waals surface area contributed by atoms with Gasteiger partial charge in [-0.2, -0.15) is 0 Å². The van der Waals surface area contributed by atoms with Gasteiger partial charge in [0.15, 0.2) is 0 Å². The van der Waals surface area contributed by atoms with Gasteiger partial charge in [-0.3, -0.25) is 9.36 Å². The second kappa shape index (κ2) is 9.07. The number of carbonyl (C=O) groups is 1. The number of alkyl halides is 1. The number of rotatable bonds is 5. The molecule has 0 radical (unpaired) electrons. The SMILES string of the molecule is Cn1ccn(C2=C(F)C=C(c3ccccc3)C(O)C2(Cl)c2ccnc(N3CC[C@H](C(N)=O)C3)c2)c1=O. The van der Waals surface area contributed by atoms with Crippen molar-refractivity contribution in [2.24, 2.45) is 18.7 Å². The lowest BCUT2D eigenvalue weighted by molar-refractivity contribution is -0.121. The maximum atomic E-state index is 15.9. The molecule has 0 bridgehead atoms. The molecule has 10 heteroatoms. The summed E-state index contributed by atoms with van der Waals surface area (Å²) in [7, 11) is 1.55. The molecule has 2 aliphatic rings. The summed E-state index contributed by atoms with van der Waals surface area (Å²) in [5.41, 5.74) is 6.02. The highest BCUT2D eigenvalue weighted by molar-refractivity contribution is 6.31. The van der Waals surface area contributed by atoms with Gasteiger partial charge in [-0.05, 0) is 41.3 Å². The number of benzene rings is 1. The van der Waals surface area contributed by atoms with Crippen LogP contribution in [0.1, 0.15) is 17.5 Å². The lowest BCUT2D eigenvalue weighted by Gasteiger charge is -2.39. The summed E-state index contributed by atoms with van der Waals surface area (Å²) in [6.45, 7) is 0.959. The van der Waals surface area contributed by atoms with Crippen molar-refractivity contribution in [2.75, 3.05) is 18.0 Å². The minimum Gasteiger partial charge on any atom is -0.386 e. The maximum Gasteiger partial charge on any atom is 0.332 e. The highest BCUT2D eigenvalue weighted by atomic mass is 35.5. The molecule has 0 saturated carbocycles. The van der Waals surface area contributed by atoms with E-state index in [1.165, 1.54) is 29.2 Å². The van der Waals surface area contributed by atoms with Crippen molar-refractivity contribution in [1.29, 1.82) is 0 Å². The maximum absolute atomic E-state index is 15.9. The van der Waals surface area contributed by atoms with Crippen molar-refractivity contribution < 1.29 is 14.3 Å². The Morgan fingerprint density at radius 2 is 2.00 bits per heavy atom. The summed E-state index contributed by atoms with van der Waals surface area (Å²) in [4.78, 5) is 29.0. The number of hydrogen-bond donors (Lipinski definition) is 2. The number of pyridine rings is 1. The van der Waals surface area contributed by atoms with E-state index in [1.807, 2.05) is 11.0 Å². The zero-order chi connectivity index (χ0) is 25.6. The van der Waals surface area contributed by atoms with Crippen LogP contribution in [0.25, 0.3) is 11.3 Å². The molecule has 1 amide bonds. The zero-order valence-corrected chi connectivity index (χ0v) is 20.3. The van der Waals surface area contributed by atoms with E-state index in [2.05, 4.69) is 4.98 Å². The van der Waals surface area contributed by atoms with Crippen molar-refractivity contribution in [2.45, 2.75) is 17.4 Å². The van der Waals surface area contributed by atoms with Gasteiger partial charge in [-0.15, -0.1) is 11.6 Å². The van der Waals surface area contributed by atoms with Crippen LogP contribution in [0.15, 0.2) is 77.8 Å². The smallest absolute Gasteiger partial charge is 0.332 e. The zero-order valence-electron chi connectivity index (χ0n) is 19.5. The van der Waals surface area contributed by atoms with Crippen LogP contribution in [0.5, 0.6) is 0 Å². The number of aromatic nitrogens is 3. The van der Waals surface area contributed by atoms with Gasteiger partial charge in [-0.25, -0.2) is 14.2 Å². The van der Waals surface area contributed by atoms with E-state index in [0.29, 0.717) is 36.5 Å². The van der Waals surface area contributed by atoms with Gasteiger partial charge in [0.2, 0.25) is 5.91 Å². The quantitative estimate of drug-likeness (QED) is 0.514. The molecule has 3 N–H and O–H groups in total. The third-order valence-electron chi connectivity index (χ3n) is 6.90. The third-order valence-corrected chi connectivity index (χ3v) is 7.50. The molecule has 3 aromatic rings. The molecule has 1 aliphatic heterocycles. The van der Waals surface area contributed by atoms with Gasteiger partial charge in [0.05, 0.1) is 11.6 Å². The third kappa shape index (κ3) is 3.84. The first kappa shape index (κ1) is 24.0. The van der Waals surface area contributed by atoms with Gasteiger partial charge in [0, 0.05) is 38.7 Å². The summed E-state index contributed by atoms with van der Waals surface area (Å²) in [6.07, 6.45) is 4.83. The van der Waals surface area contributed by atoms with Crippen molar-refractivity contribution in [3.8, 4) is 0 Å². The Morgan fingerprint density at radius 3 is 2.64 bits per heavy atom. The molecule has 2 unspecified atom stereocenters. The molecule has 8 nitrogen and oxygen atoms in total. The van der Waals surface area contributed by atoms with Gasteiger partial charge >= 0.3 is 5.69 Å². The van der Waals surface area contributed by atoms with Crippen molar-refractivity contribution >= 4 is 34.6 Å². The van der Waals surface area contributed by atoms with Crippen LogP contribution < -0.4 is 16.3 Å². The number of aliphatic hydroxyl groups is 1. The molecule has 36 heavy (non-hydrogen) atoms. The van der Waals surface area contributed by atoms with Crippen LogP contribution in [0.4, 0.5) is 10.2 Å². The lowest BCUT2D eigenvalue weighted by atomic mass is 9.79. The number of nitrogens with zero attached hydrogens (tertiary/aromatic N) is 4. The number of carbonyl (C=O) groups excluding carboxylic acids is 1. The number of allylic oxidation sites excluding steroid dienone is 2. The molecular formula is C26H25ClFN5O3. The first-order valence-electron chi connectivity index (χ1n) is 11.5. The number of nitrogens with two attached hydrogens (primary N) is 1. The van der Waals surface area contributed by atoms with E-state index in [0.717, 1.165) is 4.57 Å². The molecule has 1 saturated heterocycles. The predicted molar refractivity (Wildman–Crippen MR) is 136 cm³/mol. The monoisotopic (exact) mass is 509 g/mol. The average molecular weight is 510 g/mol. The van der Waals surface area contributed by atoms with Crippen LogP contribution in [0.2, 0.25) is 0 Å². The van der Waals surface area contributed by atoms with Gasteiger partial charge in [0.1, 0.15) is 22.6 Å². The molecule has 186 valence electrons. The number of aryl methyl sites for hydroxylation is 1. The molecule has 1 aromatic carbocycles. The van der Waals surface area contributed by atoms with Crippen LogP contribution in [0, 0.1) is 5.92 Å². The first-order valence-corrected chi connectivity index (χ1v) is 11.9. The number of aliphatic hydroxyl groups excluding tert-OH is 1. The highest BCUT2D eigenvalue weighted by Gasteiger charge is 2.49. The van der Waals surface area contributed by atoms with Crippen molar-refractivity contribution in [3.05, 3.63) is 94.6 Å². The van der Waals surface area contributed by atoms with E-state index in [-0.39, 0.29) is 23.1 Å². The Balaban J connectivity index is 1.68. The molecule has 0 spiro atoms. The number of anilines is 1. The highest BCUT2D eigenvalue weighted by Crippen LogP contribution is 2.51. The fraction of sp³-hybridized carbons (Fsp3) is 0.269. The second-order valence-electron chi connectivity index (χ2n) is 9.07. The summed E-state index contributed by atoms with van der Waals surface area (Å²) < 4.78 is 18.3. The molecule has 3 heterocycles. The lowest BCUT2D eigenvalue weighted by Crippen LogP contribution is -2.43. The van der Waals surface area contributed by atoms with E-state index in [1.54, 1.807) is 43.4 Å². The second-order valence-corrected chi connectivity index (χ2v) is 9.67. The summed E-state index contributed by atoms with van der Waals surface area (Å²) >= 11 is 7.25. The van der Waals surface area contributed by atoms with E-state index in [9.17, 15) is 14.7 Å². The summed E-state index contributed by atoms with van der Waals surface area (Å²) in [6, 6.07) is 12.1. The number of amides is 1. The van der Waals surface area contributed by atoms with Crippen molar-refractivity contribution in [3.63, 3.8) is 0 Å². The average Bonchev–Trinajstić information content (AvgIpc) is 3.50. The molecule has 5 rings (SSSR count). The molecule has 3 atom stereocenters. The Morgan fingerprint density at radius 1 is 1.25 bits per heavy atom. The fourth-order valence-corrected chi connectivity index (χ4v) is 5.33. The minimum atomic E-state index is -1.87. The Hall–Kier alpha value is -3.69. The van der Waals surface area contributed by atoms with Crippen LogP contribution >= 0.6 is 11.6 Å². The largest absolute Gasteiger partial charge is 0.386 e. The summed E-state index contributed by atoms with van der Waals surface area (Å²) in [5.74, 6) is -0.905. The molecule has 1 aliphatic carbocycles. The first-order chi connectivity index (χ1) is 17.2. The Bertz CT molecular complexity index is 1450. The predicted octanol–water partition coefficient (Wildman–Crippen LogP) is 2.62. The van der Waals surface area contributed by atoms with Crippen molar-refractivity contribution in [1.82, 2.24) is 14.1 Å². The topological polar surface area (TPSA) is 106 Å². The van der Waals surface area contributed by atoms with E-state index in [4.69, 9.17) is 17.3 Å². The van der Waals surface area contributed by atoms with E-state index < -0.39 is 22.5 Å². The van der Waals surface area contributed by atoms with Crippen LogP contribution in [-0.4, -0.2) is 44.3 Å². The van der Waals surface area contributed by atoms with Gasteiger partial charge in [-0.1, -0.05) is 30.3 Å². The normalized spacial score (nSPS) is 24.2. The Kier molecular flexibility index (Phi) is 6.05. The standard InChI is InChI=1S/C26H25ClFN5O3/c1-31-11-12-33(25(31)36)22-20(28)14-19(16-5-3-2-4-6-16)23(34)26(22,27)18-7-9-30-21(13-18)32-10-8-17(15-32)24(29)35/h2-7,9,11-14,17,23,34H,8,10,15H2,1H3,(H2,29,35)/t17-,23?,26?/m0/s1. The minimum absolute atomic E-state index is 0.185. The van der Waals surface area contributed by atoms with E-state index >= 15 is 4.39 Å². The molecule has 2 aromatic heterocycles. The molecule has 1 fully saturated rings. The van der Waals surface area contributed by atoms with Gasteiger partial charge in [0.25, 0.3) is 0 Å². The summed E-state index contributed by atoms with van der Waals surface area (Å²) in [5, 5.41) is 11.7. The molecular weight excluding hydrogens is 485 g/mol. The number of halogens is 2. The number of hydrogen-bond acceptors (Lipinski definition) is 5. The fourth-order valence-electron chi connectivity index (χ4n) is 4.91. The Labute approximate surface area is 211 Å². The number of imidazole rings is 1.